The Balaban J connectivity index is 1.92. The maximum absolute atomic E-state index is 11.5. The lowest BCUT2D eigenvalue weighted by Gasteiger charge is -2.01. The average molecular weight is 308 g/mol. The van der Waals surface area contributed by atoms with Crippen molar-refractivity contribution in [3.05, 3.63) is 35.3 Å². The molecule has 0 aliphatic carbocycles. The van der Waals surface area contributed by atoms with Crippen LogP contribution in [0.3, 0.4) is 0 Å². The second kappa shape index (κ2) is 5.29. The van der Waals surface area contributed by atoms with Crippen molar-refractivity contribution in [1.82, 2.24) is 19.7 Å². The van der Waals surface area contributed by atoms with Crippen LogP contribution in [-0.2, 0) is 17.3 Å². The van der Waals surface area contributed by atoms with Crippen LogP contribution in [0.2, 0.25) is 0 Å². The number of oxazole rings is 1. The van der Waals surface area contributed by atoms with Crippen LogP contribution >= 0.6 is 11.3 Å². The Morgan fingerprint density at radius 1 is 1.50 bits per heavy atom. The van der Waals surface area contributed by atoms with E-state index in [9.17, 15) is 4.21 Å². The summed E-state index contributed by atoms with van der Waals surface area (Å²) in [6.07, 6.45) is 3.13. The van der Waals surface area contributed by atoms with Crippen LogP contribution in [-0.4, -0.2) is 30.2 Å². The highest BCUT2D eigenvalue weighted by Gasteiger charge is 2.15. The van der Waals surface area contributed by atoms with Crippen molar-refractivity contribution in [3.8, 4) is 10.8 Å². The first-order valence-electron chi connectivity index (χ1n) is 5.86. The van der Waals surface area contributed by atoms with E-state index in [2.05, 4.69) is 15.2 Å². The summed E-state index contributed by atoms with van der Waals surface area (Å²) < 4.78 is 18.9. The molecule has 3 heterocycles. The van der Waals surface area contributed by atoms with Crippen LogP contribution in [0.4, 0.5) is 0 Å². The molecular weight excluding hydrogens is 296 g/mol. The summed E-state index contributed by atoms with van der Waals surface area (Å²) in [6, 6.07) is 3.92. The molecule has 0 aliphatic rings. The number of nitrogens with zero attached hydrogens (tertiary/aromatic N) is 4. The van der Waals surface area contributed by atoms with Crippen molar-refractivity contribution in [2.45, 2.75) is 18.6 Å². The summed E-state index contributed by atoms with van der Waals surface area (Å²) >= 11 is 1.58. The maximum Gasteiger partial charge on any atom is 0.236 e. The first kappa shape index (κ1) is 13.2. The SMILES string of the molecule is Cc1oc(-c2cccs2)nc1Cn1cnnc1[S@](C)=O. The fourth-order valence-corrected chi connectivity index (χ4v) is 3.07. The van der Waals surface area contributed by atoms with Crippen molar-refractivity contribution in [2.24, 2.45) is 0 Å². The van der Waals surface area contributed by atoms with Crippen molar-refractivity contribution >= 4 is 22.1 Å². The maximum atomic E-state index is 11.5. The van der Waals surface area contributed by atoms with Crippen molar-refractivity contribution < 1.29 is 8.63 Å². The van der Waals surface area contributed by atoms with Crippen LogP contribution < -0.4 is 0 Å². The Labute approximate surface area is 121 Å². The van der Waals surface area contributed by atoms with Crippen LogP contribution in [0.1, 0.15) is 11.5 Å². The molecule has 20 heavy (non-hydrogen) atoms. The number of rotatable bonds is 4. The van der Waals surface area contributed by atoms with Crippen LogP contribution in [0.15, 0.2) is 33.4 Å². The molecule has 0 radical (unpaired) electrons. The van der Waals surface area contributed by atoms with Gasteiger partial charge in [-0.2, -0.15) is 0 Å². The van der Waals surface area contributed by atoms with Gasteiger partial charge in [-0.15, -0.1) is 21.5 Å². The molecule has 0 aliphatic heterocycles. The number of thiophene rings is 1. The second-order valence-corrected chi connectivity index (χ2v) is 6.42. The standard InChI is InChI=1S/C12H12N4O2S2/c1-8-9(6-16-7-13-15-12(16)20(2)17)14-11(18-8)10-4-3-5-19-10/h3-5,7H,6H2,1-2H3/t20-/m0/s1. The molecule has 0 saturated heterocycles. The van der Waals surface area contributed by atoms with Crippen LogP contribution in [0.5, 0.6) is 0 Å². The van der Waals surface area contributed by atoms with Crippen molar-refractivity contribution in [2.75, 3.05) is 6.26 Å². The molecule has 3 rings (SSSR count). The Bertz CT molecular complexity index is 745. The third-order valence-corrected chi connectivity index (χ3v) is 4.47. The molecule has 0 saturated carbocycles. The molecule has 3 aromatic heterocycles. The van der Waals surface area contributed by atoms with E-state index in [-0.39, 0.29) is 0 Å². The van der Waals surface area contributed by atoms with E-state index in [1.807, 2.05) is 24.4 Å². The summed E-state index contributed by atoms with van der Waals surface area (Å²) in [7, 11) is -1.18. The molecule has 6 nitrogen and oxygen atoms in total. The molecule has 104 valence electrons. The van der Waals surface area contributed by atoms with Crippen molar-refractivity contribution in [3.63, 3.8) is 0 Å². The van der Waals surface area contributed by atoms with E-state index in [1.165, 1.54) is 0 Å². The predicted molar refractivity (Wildman–Crippen MR) is 76.0 cm³/mol. The highest BCUT2D eigenvalue weighted by atomic mass is 32.2. The molecule has 0 N–H and O–H groups in total. The van der Waals surface area contributed by atoms with Gasteiger partial charge in [0.15, 0.2) is 0 Å². The first-order valence-corrected chi connectivity index (χ1v) is 8.30. The number of aromatic nitrogens is 4. The largest absolute Gasteiger partial charge is 0.440 e. The van der Waals surface area contributed by atoms with Crippen LogP contribution in [0.25, 0.3) is 10.8 Å². The smallest absolute Gasteiger partial charge is 0.236 e. The molecule has 0 aromatic carbocycles. The second-order valence-electron chi connectivity index (χ2n) is 4.19. The zero-order chi connectivity index (χ0) is 14.1. The van der Waals surface area contributed by atoms with Gasteiger partial charge in [-0.1, -0.05) is 6.07 Å². The van der Waals surface area contributed by atoms with Gasteiger partial charge in [0, 0.05) is 6.26 Å². The highest BCUT2D eigenvalue weighted by Crippen LogP contribution is 2.26. The Hall–Kier alpha value is -1.80. The summed E-state index contributed by atoms with van der Waals surface area (Å²) in [5, 5.41) is 10.1. The third kappa shape index (κ3) is 2.44. The number of hydrogen-bond acceptors (Lipinski definition) is 6. The molecule has 1 atom stereocenters. The third-order valence-electron chi connectivity index (χ3n) is 2.78. The lowest BCUT2D eigenvalue weighted by molar-refractivity contribution is 0.537. The zero-order valence-electron chi connectivity index (χ0n) is 10.9. The van der Waals surface area contributed by atoms with Crippen LogP contribution in [0, 0.1) is 6.92 Å². The van der Waals surface area contributed by atoms with E-state index in [0.717, 1.165) is 16.3 Å². The summed E-state index contributed by atoms with van der Waals surface area (Å²) in [5.74, 6) is 1.36. The fraction of sp³-hybridized carbons (Fsp3) is 0.250. The predicted octanol–water partition coefficient (Wildman–Crippen LogP) is 2.09. The zero-order valence-corrected chi connectivity index (χ0v) is 12.6. The first-order chi connectivity index (χ1) is 9.65. The van der Waals surface area contributed by atoms with Gasteiger partial charge in [0.25, 0.3) is 0 Å². The van der Waals surface area contributed by atoms with E-state index < -0.39 is 10.8 Å². The molecule has 0 bridgehead atoms. The minimum Gasteiger partial charge on any atom is -0.440 e. The van der Waals surface area contributed by atoms with Gasteiger partial charge in [0.05, 0.1) is 22.2 Å². The Kier molecular flexibility index (Phi) is 3.49. The fourth-order valence-electron chi connectivity index (χ4n) is 1.82. The minimum absolute atomic E-state index is 0.435. The normalized spacial score (nSPS) is 12.7. The molecule has 0 fully saturated rings. The molecule has 0 unspecified atom stereocenters. The Morgan fingerprint density at radius 3 is 3.05 bits per heavy atom. The monoisotopic (exact) mass is 308 g/mol. The topological polar surface area (TPSA) is 73.8 Å². The van der Waals surface area contributed by atoms with Gasteiger partial charge in [-0.25, -0.2) is 4.98 Å². The van der Waals surface area contributed by atoms with Crippen molar-refractivity contribution in [1.29, 1.82) is 0 Å². The van der Waals surface area contributed by atoms with E-state index in [1.54, 1.807) is 28.5 Å². The summed E-state index contributed by atoms with van der Waals surface area (Å²) in [6.45, 7) is 2.31. The van der Waals surface area contributed by atoms with Gasteiger partial charge in [-0.05, 0) is 18.4 Å². The molecule has 0 spiro atoms. The van der Waals surface area contributed by atoms with Gasteiger partial charge >= 0.3 is 0 Å². The van der Waals surface area contributed by atoms with E-state index in [4.69, 9.17) is 4.42 Å². The summed E-state index contributed by atoms with van der Waals surface area (Å²) in [5.41, 5.74) is 0.792. The summed E-state index contributed by atoms with van der Waals surface area (Å²) in [4.78, 5) is 5.48. The van der Waals surface area contributed by atoms with Gasteiger partial charge in [0.2, 0.25) is 11.0 Å². The lowest BCUT2D eigenvalue weighted by atomic mass is 10.3. The molecular formula is C12H12N4O2S2. The van der Waals surface area contributed by atoms with E-state index in [0.29, 0.717) is 17.6 Å². The number of hydrogen-bond donors (Lipinski definition) is 0. The minimum atomic E-state index is -1.18. The lowest BCUT2D eigenvalue weighted by Crippen LogP contribution is -2.06. The van der Waals surface area contributed by atoms with E-state index >= 15 is 0 Å². The molecule has 8 heteroatoms. The van der Waals surface area contributed by atoms with Gasteiger partial charge < -0.3 is 8.98 Å². The van der Waals surface area contributed by atoms with Gasteiger partial charge in [0.1, 0.15) is 17.8 Å². The Morgan fingerprint density at radius 2 is 2.35 bits per heavy atom. The average Bonchev–Trinajstić information content (AvgIpc) is 3.11. The molecule has 3 aromatic rings. The highest BCUT2D eigenvalue weighted by molar-refractivity contribution is 7.84. The quantitative estimate of drug-likeness (QED) is 0.738. The molecule has 0 amide bonds. The number of aryl methyl sites for hydroxylation is 1. The van der Waals surface area contributed by atoms with Gasteiger partial charge in [-0.3, -0.25) is 4.21 Å².